The van der Waals surface area contributed by atoms with Gasteiger partial charge in [0, 0.05) is 13.1 Å². The summed E-state index contributed by atoms with van der Waals surface area (Å²) in [5, 5.41) is -0.114. The molecule has 0 radical (unpaired) electrons. The lowest BCUT2D eigenvalue weighted by molar-refractivity contribution is -0.135. The molecular weight excluding hydrogens is 404 g/mol. The van der Waals surface area contributed by atoms with Gasteiger partial charge in [0.15, 0.2) is 11.5 Å². The Labute approximate surface area is 172 Å². The number of hydrogen-bond acceptors (Lipinski definition) is 6. The number of halogens is 1. The number of amides is 3. The number of thioether (sulfide) groups is 1. The summed E-state index contributed by atoms with van der Waals surface area (Å²) in [7, 11) is 1.49. The van der Waals surface area contributed by atoms with Crippen LogP contribution >= 0.6 is 23.4 Å². The largest absolute Gasteiger partial charge is 0.491 e. The molecule has 0 aliphatic carbocycles. The van der Waals surface area contributed by atoms with Crippen LogP contribution in [-0.2, 0) is 9.59 Å². The van der Waals surface area contributed by atoms with Crippen LogP contribution in [0, 0.1) is 0 Å². The van der Waals surface area contributed by atoms with Gasteiger partial charge >= 0.3 is 0 Å². The first-order valence-corrected chi connectivity index (χ1v) is 10.2. The van der Waals surface area contributed by atoms with Crippen molar-refractivity contribution >= 4 is 46.5 Å². The zero-order valence-corrected chi connectivity index (χ0v) is 17.3. The third-order valence-electron chi connectivity index (χ3n) is 4.46. The number of rotatable bonds is 6. The molecule has 7 nitrogen and oxygen atoms in total. The van der Waals surface area contributed by atoms with Crippen molar-refractivity contribution in [2.75, 3.05) is 33.4 Å². The van der Waals surface area contributed by atoms with Gasteiger partial charge in [0.05, 0.1) is 23.6 Å². The number of methoxy groups -OCH3 is 1. The van der Waals surface area contributed by atoms with E-state index in [0.29, 0.717) is 41.8 Å². The fraction of sp³-hybridized carbons (Fsp3) is 0.421. The van der Waals surface area contributed by atoms with Gasteiger partial charge in [-0.3, -0.25) is 19.3 Å². The first kappa shape index (κ1) is 20.5. The first-order chi connectivity index (χ1) is 13.4. The molecule has 1 aromatic carbocycles. The second-order valence-corrected chi connectivity index (χ2v) is 7.72. The number of carbonyl (C=O) groups is 3. The van der Waals surface area contributed by atoms with Crippen LogP contribution in [0.5, 0.6) is 11.5 Å². The summed E-state index contributed by atoms with van der Waals surface area (Å²) in [5.41, 5.74) is 0.602. The molecule has 9 heteroatoms. The van der Waals surface area contributed by atoms with E-state index in [0.717, 1.165) is 29.5 Å². The number of nitrogens with zero attached hydrogens (tertiary/aromatic N) is 2. The van der Waals surface area contributed by atoms with Gasteiger partial charge in [-0.1, -0.05) is 11.6 Å². The molecule has 3 amide bonds. The Hall–Kier alpha value is -2.19. The van der Waals surface area contributed by atoms with E-state index in [4.69, 9.17) is 21.1 Å². The lowest BCUT2D eigenvalue weighted by Crippen LogP contribution is -2.40. The molecular formula is C19H21ClN2O5S. The van der Waals surface area contributed by atoms with Gasteiger partial charge in [-0.05, 0) is 55.3 Å². The van der Waals surface area contributed by atoms with Crippen molar-refractivity contribution in [2.45, 2.75) is 19.8 Å². The van der Waals surface area contributed by atoms with Crippen LogP contribution < -0.4 is 9.47 Å². The number of imide groups is 1. The Kier molecular flexibility index (Phi) is 6.51. The molecule has 2 aliphatic rings. The zero-order chi connectivity index (χ0) is 20.3. The van der Waals surface area contributed by atoms with Gasteiger partial charge in [0.1, 0.15) is 6.54 Å². The van der Waals surface area contributed by atoms with E-state index >= 15 is 0 Å². The second kappa shape index (κ2) is 8.87. The fourth-order valence-electron chi connectivity index (χ4n) is 3.12. The Bertz CT molecular complexity index is 836. The molecule has 2 saturated heterocycles. The summed E-state index contributed by atoms with van der Waals surface area (Å²) in [4.78, 5) is 40.1. The highest BCUT2D eigenvalue weighted by atomic mass is 35.5. The molecule has 0 aromatic heterocycles. The van der Waals surface area contributed by atoms with Crippen molar-refractivity contribution < 1.29 is 23.9 Å². The average molecular weight is 425 g/mol. The number of carbonyl (C=O) groups excluding carboxylic acids is 3. The van der Waals surface area contributed by atoms with E-state index in [9.17, 15) is 14.4 Å². The highest BCUT2D eigenvalue weighted by Gasteiger charge is 2.37. The SMILES string of the molecule is CCOc1cc(/C=C2\SC(=O)N(CC(=O)N3CCCC3)C2=O)cc(Cl)c1OC. The van der Waals surface area contributed by atoms with Gasteiger partial charge in [-0.2, -0.15) is 0 Å². The van der Waals surface area contributed by atoms with Crippen molar-refractivity contribution in [3.63, 3.8) is 0 Å². The van der Waals surface area contributed by atoms with Gasteiger partial charge in [0.2, 0.25) is 5.91 Å². The van der Waals surface area contributed by atoms with Gasteiger partial charge in [0.25, 0.3) is 11.1 Å². The van der Waals surface area contributed by atoms with Crippen LogP contribution in [0.4, 0.5) is 4.79 Å². The van der Waals surface area contributed by atoms with Crippen LogP contribution in [0.1, 0.15) is 25.3 Å². The van der Waals surface area contributed by atoms with Crippen LogP contribution in [0.15, 0.2) is 17.0 Å². The van der Waals surface area contributed by atoms with Crippen molar-refractivity contribution in [3.8, 4) is 11.5 Å². The Morgan fingerprint density at radius 3 is 2.64 bits per heavy atom. The van der Waals surface area contributed by atoms with Crippen molar-refractivity contribution in [2.24, 2.45) is 0 Å². The minimum Gasteiger partial charge on any atom is -0.491 e. The van der Waals surface area contributed by atoms with E-state index in [1.807, 2.05) is 6.92 Å². The molecule has 0 saturated carbocycles. The lowest BCUT2D eigenvalue weighted by Gasteiger charge is -2.18. The Morgan fingerprint density at radius 1 is 1.29 bits per heavy atom. The highest BCUT2D eigenvalue weighted by molar-refractivity contribution is 8.18. The average Bonchev–Trinajstić information content (AvgIpc) is 3.27. The summed E-state index contributed by atoms with van der Waals surface area (Å²) in [6.45, 7) is 3.38. The van der Waals surface area contributed by atoms with Crippen LogP contribution in [-0.4, -0.2) is 60.2 Å². The first-order valence-electron chi connectivity index (χ1n) is 8.98. The molecule has 0 spiro atoms. The van der Waals surface area contributed by atoms with Crippen LogP contribution in [0.3, 0.4) is 0 Å². The summed E-state index contributed by atoms with van der Waals surface area (Å²) >= 11 is 7.05. The van der Waals surface area contributed by atoms with Gasteiger partial charge in [-0.15, -0.1) is 0 Å². The molecule has 150 valence electrons. The maximum atomic E-state index is 12.6. The smallest absolute Gasteiger partial charge is 0.294 e. The van der Waals surface area contributed by atoms with Crippen LogP contribution in [0.2, 0.25) is 5.02 Å². The third-order valence-corrected chi connectivity index (χ3v) is 5.65. The Morgan fingerprint density at radius 2 is 2.00 bits per heavy atom. The van der Waals surface area contributed by atoms with E-state index < -0.39 is 11.1 Å². The van der Waals surface area contributed by atoms with Crippen molar-refractivity contribution in [1.29, 1.82) is 0 Å². The zero-order valence-electron chi connectivity index (χ0n) is 15.7. The topological polar surface area (TPSA) is 76.2 Å². The number of likely N-dealkylation sites (tertiary alicyclic amines) is 1. The van der Waals surface area contributed by atoms with Gasteiger partial charge in [-0.25, -0.2) is 0 Å². The number of benzene rings is 1. The molecule has 0 unspecified atom stereocenters. The van der Waals surface area contributed by atoms with Crippen molar-refractivity contribution in [1.82, 2.24) is 9.80 Å². The maximum Gasteiger partial charge on any atom is 0.294 e. The van der Waals surface area contributed by atoms with E-state index in [1.54, 1.807) is 23.1 Å². The fourth-order valence-corrected chi connectivity index (χ4v) is 4.26. The molecule has 28 heavy (non-hydrogen) atoms. The molecule has 2 heterocycles. The lowest BCUT2D eigenvalue weighted by atomic mass is 10.1. The predicted octanol–water partition coefficient (Wildman–Crippen LogP) is 3.41. The van der Waals surface area contributed by atoms with Gasteiger partial charge < -0.3 is 14.4 Å². The normalized spacial score (nSPS) is 18.3. The minimum absolute atomic E-state index is 0.202. The van der Waals surface area contributed by atoms with E-state index in [2.05, 4.69) is 0 Å². The quantitative estimate of drug-likeness (QED) is 0.651. The maximum absolute atomic E-state index is 12.6. The van der Waals surface area contributed by atoms with Crippen LogP contribution in [0.25, 0.3) is 6.08 Å². The molecule has 0 bridgehead atoms. The summed E-state index contributed by atoms with van der Waals surface area (Å²) in [6.07, 6.45) is 3.47. The molecule has 0 N–H and O–H groups in total. The van der Waals surface area contributed by atoms with E-state index in [1.165, 1.54) is 7.11 Å². The summed E-state index contributed by atoms with van der Waals surface area (Å²) in [5.74, 6) is 0.178. The summed E-state index contributed by atoms with van der Waals surface area (Å²) in [6, 6.07) is 3.32. The third kappa shape index (κ3) is 4.28. The monoisotopic (exact) mass is 424 g/mol. The Balaban J connectivity index is 1.80. The number of hydrogen-bond donors (Lipinski definition) is 0. The highest BCUT2D eigenvalue weighted by Crippen LogP contribution is 2.38. The molecule has 2 aliphatic heterocycles. The molecule has 2 fully saturated rings. The minimum atomic E-state index is -0.479. The number of ether oxygens (including phenoxy) is 2. The molecule has 1 aromatic rings. The van der Waals surface area contributed by atoms with Crippen molar-refractivity contribution in [3.05, 3.63) is 27.6 Å². The second-order valence-electron chi connectivity index (χ2n) is 6.32. The standard InChI is InChI=1S/C19H21ClN2O5S/c1-3-27-14-9-12(8-13(20)17(14)26-2)10-15-18(24)22(19(25)28-15)11-16(23)21-6-4-5-7-21/h8-10H,3-7,11H2,1-2H3/b15-10-. The molecule has 0 atom stereocenters. The molecule has 3 rings (SSSR count). The summed E-state index contributed by atoms with van der Waals surface area (Å²) < 4.78 is 10.8. The predicted molar refractivity (Wildman–Crippen MR) is 108 cm³/mol. The van der Waals surface area contributed by atoms with E-state index in [-0.39, 0.29) is 17.4 Å².